The van der Waals surface area contributed by atoms with E-state index in [1.165, 1.54) is 22.5 Å². The van der Waals surface area contributed by atoms with Gasteiger partial charge in [0.05, 0.1) is 10.6 Å². The quantitative estimate of drug-likeness (QED) is 0.947. The monoisotopic (exact) mass is 308 g/mol. The molecule has 1 aliphatic rings. The maximum atomic E-state index is 11.9. The standard InChI is InChI=1S/C13H12N2O3S2/c1-8-2-3-11(20-8)9-7-19-13(14-9)15-12(16)10-6-17-4-5-18-10/h2-3,6-7H,4-5H2,1H3,(H,14,15,16). The van der Waals surface area contributed by atoms with Gasteiger partial charge in [0.15, 0.2) is 5.13 Å². The third-order valence-electron chi connectivity index (χ3n) is 2.59. The van der Waals surface area contributed by atoms with E-state index in [4.69, 9.17) is 9.47 Å². The molecule has 0 unspecified atom stereocenters. The lowest BCUT2D eigenvalue weighted by Crippen LogP contribution is -2.21. The van der Waals surface area contributed by atoms with Crippen LogP contribution in [0.2, 0.25) is 0 Å². The maximum Gasteiger partial charge on any atom is 0.295 e. The van der Waals surface area contributed by atoms with Gasteiger partial charge in [-0.3, -0.25) is 10.1 Å². The average molecular weight is 308 g/mol. The number of nitrogens with zero attached hydrogens (tertiary/aromatic N) is 1. The lowest BCUT2D eigenvalue weighted by atomic mass is 10.4. The number of hydrogen-bond acceptors (Lipinski definition) is 6. The lowest BCUT2D eigenvalue weighted by molar-refractivity contribution is -0.117. The van der Waals surface area contributed by atoms with E-state index in [0.717, 1.165) is 10.6 Å². The fourth-order valence-electron chi connectivity index (χ4n) is 1.66. The highest BCUT2D eigenvalue weighted by Crippen LogP contribution is 2.30. The summed E-state index contributed by atoms with van der Waals surface area (Å²) in [6, 6.07) is 4.08. The van der Waals surface area contributed by atoms with E-state index >= 15 is 0 Å². The Morgan fingerprint density at radius 2 is 2.30 bits per heavy atom. The molecule has 1 amide bonds. The van der Waals surface area contributed by atoms with Crippen molar-refractivity contribution in [1.82, 2.24) is 4.98 Å². The van der Waals surface area contributed by atoms with Crippen LogP contribution in [0.15, 0.2) is 29.5 Å². The van der Waals surface area contributed by atoms with Crippen molar-refractivity contribution in [2.75, 3.05) is 18.5 Å². The van der Waals surface area contributed by atoms with Crippen molar-refractivity contribution in [3.63, 3.8) is 0 Å². The molecule has 0 atom stereocenters. The molecule has 7 heteroatoms. The van der Waals surface area contributed by atoms with Crippen LogP contribution in [0.25, 0.3) is 10.6 Å². The summed E-state index contributed by atoms with van der Waals surface area (Å²) in [4.78, 5) is 18.6. The van der Waals surface area contributed by atoms with Gasteiger partial charge in [0.1, 0.15) is 19.5 Å². The van der Waals surface area contributed by atoms with Crippen LogP contribution in [-0.4, -0.2) is 24.1 Å². The number of thiophene rings is 1. The van der Waals surface area contributed by atoms with Crippen LogP contribution >= 0.6 is 22.7 Å². The number of rotatable bonds is 3. The minimum atomic E-state index is -0.340. The summed E-state index contributed by atoms with van der Waals surface area (Å²) in [7, 11) is 0. The van der Waals surface area contributed by atoms with Gasteiger partial charge < -0.3 is 9.47 Å². The van der Waals surface area contributed by atoms with E-state index in [0.29, 0.717) is 18.3 Å². The lowest BCUT2D eigenvalue weighted by Gasteiger charge is -2.14. The van der Waals surface area contributed by atoms with Gasteiger partial charge in [0.25, 0.3) is 5.91 Å². The zero-order chi connectivity index (χ0) is 13.9. The van der Waals surface area contributed by atoms with E-state index in [2.05, 4.69) is 23.3 Å². The van der Waals surface area contributed by atoms with Crippen molar-refractivity contribution < 1.29 is 14.3 Å². The van der Waals surface area contributed by atoms with Gasteiger partial charge in [0.2, 0.25) is 5.76 Å². The highest BCUT2D eigenvalue weighted by atomic mass is 32.1. The summed E-state index contributed by atoms with van der Waals surface area (Å²) in [5.74, 6) is -0.159. The fourth-order valence-corrected chi connectivity index (χ4v) is 3.27. The Labute approximate surface area is 123 Å². The third-order valence-corrected chi connectivity index (χ3v) is 4.37. The molecule has 0 radical (unpaired) electrons. The Morgan fingerprint density at radius 1 is 1.40 bits per heavy atom. The van der Waals surface area contributed by atoms with Crippen molar-refractivity contribution in [2.45, 2.75) is 6.92 Å². The molecule has 2 aromatic rings. The molecule has 20 heavy (non-hydrogen) atoms. The average Bonchev–Trinajstić information content (AvgIpc) is 3.09. The second-order valence-corrected chi connectivity index (χ2v) is 6.25. The largest absolute Gasteiger partial charge is 0.494 e. The molecular weight excluding hydrogens is 296 g/mol. The predicted molar refractivity (Wildman–Crippen MR) is 78.8 cm³/mol. The van der Waals surface area contributed by atoms with Crippen LogP contribution in [0.5, 0.6) is 0 Å². The van der Waals surface area contributed by atoms with Crippen LogP contribution in [0.3, 0.4) is 0 Å². The molecular formula is C13H12N2O3S2. The molecule has 0 bridgehead atoms. The summed E-state index contributed by atoms with van der Waals surface area (Å²) in [5.41, 5.74) is 0.873. The predicted octanol–water partition coefficient (Wildman–Crippen LogP) is 3.01. The highest BCUT2D eigenvalue weighted by molar-refractivity contribution is 7.17. The molecule has 2 aromatic heterocycles. The number of aromatic nitrogens is 1. The van der Waals surface area contributed by atoms with Crippen molar-refractivity contribution in [2.24, 2.45) is 0 Å². The van der Waals surface area contributed by atoms with Crippen LogP contribution in [0.1, 0.15) is 4.88 Å². The smallest absolute Gasteiger partial charge is 0.295 e. The third kappa shape index (κ3) is 2.83. The zero-order valence-corrected chi connectivity index (χ0v) is 12.3. The van der Waals surface area contributed by atoms with Crippen molar-refractivity contribution in [3.05, 3.63) is 34.4 Å². The topological polar surface area (TPSA) is 60.5 Å². The number of amides is 1. The molecule has 0 saturated heterocycles. The number of thiazole rings is 1. The summed E-state index contributed by atoms with van der Waals surface area (Å²) >= 11 is 3.06. The summed E-state index contributed by atoms with van der Waals surface area (Å²) in [6.45, 7) is 2.91. The van der Waals surface area contributed by atoms with E-state index in [1.807, 2.05) is 11.4 Å². The van der Waals surface area contributed by atoms with Gasteiger partial charge in [-0.25, -0.2) is 4.98 Å². The highest BCUT2D eigenvalue weighted by Gasteiger charge is 2.17. The summed E-state index contributed by atoms with van der Waals surface area (Å²) in [6.07, 6.45) is 1.33. The number of ether oxygens (including phenoxy) is 2. The van der Waals surface area contributed by atoms with E-state index < -0.39 is 0 Å². The Hall–Kier alpha value is -1.86. The molecule has 3 rings (SSSR count). The molecule has 0 saturated carbocycles. The van der Waals surface area contributed by atoms with Gasteiger partial charge in [-0.2, -0.15) is 0 Å². The first-order valence-corrected chi connectivity index (χ1v) is 7.70. The molecule has 0 fully saturated rings. The molecule has 3 heterocycles. The minimum Gasteiger partial charge on any atom is -0.494 e. The summed E-state index contributed by atoms with van der Waals surface area (Å²) in [5, 5.41) is 5.18. The van der Waals surface area contributed by atoms with Gasteiger partial charge in [-0.15, -0.1) is 22.7 Å². The number of carbonyl (C=O) groups is 1. The van der Waals surface area contributed by atoms with Gasteiger partial charge in [-0.05, 0) is 19.1 Å². The number of nitrogens with one attached hydrogen (secondary N) is 1. The molecule has 1 aliphatic heterocycles. The Kier molecular flexibility index (Phi) is 3.70. The number of carbonyl (C=O) groups excluding carboxylic acids is 1. The molecule has 0 aromatic carbocycles. The molecule has 0 aliphatic carbocycles. The second-order valence-electron chi connectivity index (χ2n) is 4.10. The van der Waals surface area contributed by atoms with E-state index in [9.17, 15) is 4.79 Å². The number of anilines is 1. The molecule has 0 spiro atoms. The Bertz CT molecular complexity index is 660. The SMILES string of the molecule is Cc1ccc(-c2csc(NC(=O)C3=COCCO3)n2)s1. The first kappa shape index (κ1) is 13.1. The van der Waals surface area contributed by atoms with Gasteiger partial charge in [0, 0.05) is 10.3 Å². The van der Waals surface area contributed by atoms with E-state index in [1.54, 1.807) is 11.3 Å². The maximum absolute atomic E-state index is 11.9. The van der Waals surface area contributed by atoms with Gasteiger partial charge >= 0.3 is 0 Å². The number of aryl methyl sites for hydroxylation is 1. The van der Waals surface area contributed by atoms with Crippen molar-refractivity contribution >= 4 is 33.7 Å². The van der Waals surface area contributed by atoms with Crippen LogP contribution in [-0.2, 0) is 14.3 Å². The van der Waals surface area contributed by atoms with Crippen LogP contribution in [0.4, 0.5) is 5.13 Å². The summed E-state index contributed by atoms with van der Waals surface area (Å²) < 4.78 is 10.3. The van der Waals surface area contributed by atoms with Crippen molar-refractivity contribution in [1.29, 1.82) is 0 Å². The minimum absolute atomic E-state index is 0.181. The first-order valence-electron chi connectivity index (χ1n) is 6.00. The Morgan fingerprint density at radius 3 is 3.00 bits per heavy atom. The van der Waals surface area contributed by atoms with E-state index in [-0.39, 0.29) is 11.7 Å². The molecule has 5 nitrogen and oxygen atoms in total. The van der Waals surface area contributed by atoms with Crippen LogP contribution < -0.4 is 5.32 Å². The first-order chi connectivity index (χ1) is 9.72. The van der Waals surface area contributed by atoms with Gasteiger partial charge in [-0.1, -0.05) is 0 Å². The normalized spacial score (nSPS) is 14.2. The zero-order valence-electron chi connectivity index (χ0n) is 10.7. The second kappa shape index (κ2) is 5.64. The Balaban J connectivity index is 1.71. The van der Waals surface area contributed by atoms with Crippen LogP contribution in [0, 0.1) is 6.92 Å². The number of hydrogen-bond donors (Lipinski definition) is 1. The fraction of sp³-hybridized carbons (Fsp3) is 0.231. The molecule has 1 N–H and O–H groups in total. The van der Waals surface area contributed by atoms with Crippen molar-refractivity contribution in [3.8, 4) is 10.6 Å². The molecule has 104 valence electrons.